The predicted octanol–water partition coefficient (Wildman–Crippen LogP) is 5.78. The van der Waals surface area contributed by atoms with Crippen molar-refractivity contribution in [3.8, 4) is 0 Å². The number of carbonyl (C=O) groups is 2. The first-order valence-electron chi connectivity index (χ1n) is 12.8. The zero-order valence-corrected chi connectivity index (χ0v) is 23.3. The van der Waals surface area contributed by atoms with Crippen LogP contribution in [0.5, 0.6) is 0 Å². The molecule has 0 saturated carbocycles. The van der Waals surface area contributed by atoms with Gasteiger partial charge in [0.2, 0.25) is 0 Å². The Hall–Kier alpha value is -2.52. The quantitative estimate of drug-likeness (QED) is 0.172. The molecule has 1 aromatic heterocycles. The largest absolute Gasteiger partial charge is 0.455 e. The number of nitrogens with zero attached hydrogens (tertiary/aromatic N) is 4. The number of fused-ring (bicyclic) bond motifs is 1. The molecule has 6 atom stereocenters. The molecule has 3 heterocycles. The molecule has 0 bridgehead atoms. The first kappa shape index (κ1) is 29.0. The van der Waals surface area contributed by atoms with Gasteiger partial charge in [-0.2, -0.15) is 0 Å². The Bertz CT molecular complexity index is 1110. The maximum Gasteiger partial charge on any atom is 0.331 e. The van der Waals surface area contributed by atoms with Crippen LogP contribution in [0.3, 0.4) is 0 Å². The van der Waals surface area contributed by atoms with Crippen LogP contribution in [0.2, 0.25) is 0 Å². The van der Waals surface area contributed by atoms with Gasteiger partial charge in [-0.05, 0) is 63.6 Å². The van der Waals surface area contributed by atoms with Crippen molar-refractivity contribution in [1.82, 2.24) is 4.98 Å². The molecule has 1 N–H and O–H groups in total. The van der Waals surface area contributed by atoms with E-state index in [4.69, 9.17) is 15.0 Å². The van der Waals surface area contributed by atoms with Gasteiger partial charge in [0.1, 0.15) is 11.9 Å². The highest BCUT2D eigenvalue weighted by atomic mass is 32.1. The van der Waals surface area contributed by atoms with E-state index in [-0.39, 0.29) is 30.0 Å². The average Bonchev–Trinajstić information content (AvgIpc) is 3.26. The van der Waals surface area contributed by atoms with Gasteiger partial charge in [0.25, 0.3) is 0 Å². The van der Waals surface area contributed by atoms with Gasteiger partial charge in [0.05, 0.1) is 35.1 Å². The summed E-state index contributed by atoms with van der Waals surface area (Å²) < 4.78 is 11.9. The molecule has 0 aliphatic carbocycles. The van der Waals surface area contributed by atoms with E-state index < -0.39 is 29.5 Å². The van der Waals surface area contributed by atoms with Gasteiger partial charge in [0.15, 0.2) is 0 Å². The van der Waals surface area contributed by atoms with Crippen molar-refractivity contribution in [3.63, 3.8) is 0 Å². The highest BCUT2D eigenvalue weighted by molar-refractivity contribution is 7.09. The Morgan fingerprint density at radius 1 is 1.35 bits per heavy atom. The molecular weight excluding hydrogens is 492 g/mol. The van der Waals surface area contributed by atoms with E-state index in [1.807, 2.05) is 25.3 Å². The number of aliphatic hydroxyl groups excluding tert-OH is 1. The van der Waals surface area contributed by atoms with E-state index in [9.17, 15) is 14.7 Å². The molecule has 1 fully saturated rings. The van der Waals surface area contributed by atoms with Gasteiger partial charge < -0.3 is 14.6 Å². The van der Waals surface area contributed by atoms with Crippen molar-refractivity contribution >= 4 is 29.2 Å². The van der Waals surface area contributed by atoms with Gasteiger partial charge in [0, 0.05) is 34.1 Å². The third-order valence-corrected chi connectivity index (χ3v) is 8.41. The number of epoxide rings is 1. The number of esters is 1. The predicted molar refractivity (Wildman–Crippen MR) is 143 cm³/mol. The van der Waals surface area contributed by atoms with Gasteiger partial charge >= 0.3 is 5.97 Å². The molecule has 0 aromatic carbocycles. The number of hydrogen-bond acceptors (Lipinski definition) is 8. The van der Waals surface area contributed by atoms with Crippen LogP contribution >= 0.6 is 11.3 Å². The monoisotopic (exact) mass is 530 g/mol. The number of rotatable bonds is 4. The summed E-state index contributed by atoms with van der Waals surface area (Å²) >= 11 is 1.40. The van der Waals surface area contributed by atoms with E-state index >= 15 is 0 Å². The van der Waals surface area contributed by atoms with Crippen LogP contribution in [0.1, 0.15) is 77.9 Å². The maximum atomic E-state index is 13.2. The zero-order valence-electron chi connectivity index (χ0n) is 22.5. The van der Waals surface area contributed by atoms with Crippen LogP contribution in [0.4, 0.5) is 0 Å². The smallest absolute Gasteiger partial charge is 0.331 e. The molecule has 1 unspecified atom stereocenters. The number of thiazole rings is 1. The summed E-state index contributed by atoms with van der Waals surface area (Å²) in [4.78, 5) is 33.2. The molecule has 9 nitrogen and oxygen atoms in total. The van der Waals surface area contributed by atoms with Crippen LogP contribution in [0.15, 0.2) is 28.2 Å². The molecule has 202 valence electrons. The maximum absolute atomic E-state index is 13.2. The zero-order chi connectivity index (χ0) is 27.4. The number of hydrogen-bond donors (Lipinski definition) is 1. The number of allylic oxidation sites excluding steroid dienone is 1. The number of cyclic esters (lactones) is 1. The van der Waals surface area contributed by atoms with E-state index in [2.05, 4.69) is 21.9 Å². The summed E-state index contributed by atoms with van der Waals surface area (Å²) in [5.41, 5.74) is 8.81. The fourth-order valence-electron chi connectivity index (χ4n) is 4.93. The van der Waals surface area contributed by atoms with Gasteiger partial charge in [-0.15, -0.1) is 11.3 Å². The normalized spacial score (nSPS) is 33.3. The highest BCUT2D eigenvalue weighted by Crippen LogP contribution is 2.45. The van der Waals surface area contributed by atoms with E-state index in [0.29, 0.717) is 17.1 Å². The number of carbonyl (C=O) groups excluding carboxylic acids is 2. The molecule has 1 aromatic rings. The van der Waals surface area contributed by atoms with Crippen LogP contribution in [-0.2, 0) is 25.6 Å². The molecule has 2 aliphatic heterocycles. The van der Waals surface area contributed by atoms with E-state index in [0.717, 1.165) is 24.8 Å². The van der Waals surface area contributed by atoms with E-state index in [1.54, 1.807) is 26.8 Å². The molecule has 1 saturated heterocycles. The van der Waals surface area contributed by atoms with Gasteiger partial charge in [-0.1, -0.05) is 31.5 Å². The lowest BCUT2D eigenvalue weighted by Gasteiger charge is -2.30. The second-order valence-corrected chi connectivity index (χ2v) is 12.0. The summed E-state index contributed by atoms with van der Waals surface area (Å²) in [6.45, 7) is 11.4. The summed E-state index contributed by atoms with van der Waals surface area (Å²) in [6, 6.07) is 0. The number of ketones is 1. The van der Waals surface area contributed by atoms with Crippen molar-refractivity contribution in [1.29, 1.82) is 0 Å². The summed E-state index contributed by atoms with van der Waals surface area (Å²) in [5, 5.41) is 16.9. The lowest BCUT2D eigenvalue weighted by Crippen LogP contribution is -2.38. The molecule has 2 aliphatic rings. The average molecular weight is 531 g/mol. The molecule has 10 heteroatoms. The lowest BCUT2D eigenvalue weighted by atomic mass is 9.76. The van der Waals surface area contributed by atoms with Crippen molar-refractivity contribution in [2.24, 2.45) is 22.4 Å². The van der Waals surface area contributed by atoms with Crippen molar-refractivity contribution < 1.29 is 24.2 Å². The minimum Gasteiger partial charge on any atom is -0.455 e. The second-order valence-electron chi connectivity index (χ2n) is 11.1. The molecule has 3 rings (SSSR count). The number of Topliss-reactive ketones (excluding diaryl/α,β-unsaturated/α-hetero) is 1. The summed E-state index contributed by atoms with van der Waals surface area (Å²) in [7, 11) is 0. The fraction of sp³-hybridized carbons (Fsp3) is 0.667. The summed E-state index contributed by atoms with van der Waals surface area (Å²) in [6.07, 6.45) is 6.38. The summed E-state index contributed by atoms with van der Waals surface area (Å²) in [5.74, 6) is -1.25. The van der Waals surface area contributed by atoms with Crippen LogP contribution < -0.4 is 0 Å². The number of aliphatic hydroxyl groups is 1. The number of azide groups is 1. The Morgan fingerprint density at radius 2 is 2.08 bits per heavy atom. The van der Waals surface area contributed by atoms with Crippen LogP contribution in [0, 0.1) is 17.3 Å². The Labute approximate surface area is 222 Å². The van der Waals surface area contributed by atoms with E-state index in [1.165, 1.54) is 17.4 Å². The molecule has 0 amide bonds. The van der Waals surface area contributed by atoms with Gasteiger partial charge in [-0.25, -0.2) is 9.78 Å². The third kappa shape index (κ3) is 7.51. The van der Waals surface area contributed by atoms with Crippen LogP contribution in [-0.4, -0.2) is 45.8 Å². The topological polar surface area (TPSA) is 138 Å². The van der Waals surface area contributed by atoms with Crippen molar-refractivity contribution in [2.75, 3.05) is 0 Å². The fourth-order valence-corrected chi connectivity index (χ4v) is 5.60. The molecular formula is C27H38N4O5S. The van der Waals surface area contributed by atoms with Gasteiger partial charge in [-0.3, -0.25) is 4.79 Å². The SMILES string of the molecule is CC(=Cc1csc(CN=[N+]=[N-])n1)[C@@H]1CC2O[C@]2(C)CCC[C@H](C)[C@H](O)[C@@H](C)C(=O)C(C)(C)C=CC(=O)O1. The number of ether oxygens (including phenoxy) is 2. The molecule has 0 radical (unpaired) electrons. The lowest BCUT2D eigenvalue weighted by molar-refractivity contribution is -0.141. The minimum absolute atomic E-state index is 0.0304. The van der Waals surface area contributed by atoms with Crippen LogP contribution in [0.25, 0.3) is 16.5 Å². The molecule has 0 spiro atoms. The Balaban J connectivity index is 1.85. The Morgan fingerprint density at radius 3 is 2.78 bits per heavy atom. The van der Waals surface area contributed by atoms with Crippen molar-refractivity contribution in [2.45, 2.75) is 97.7 Å². The molecule has 37 heavy (non-hydrogen) atoms. The highest BCUT2D eigenvalue weighted by Gasteiger charge is 2.52. The first-order chi connectivity index (χ1) is 17.4. The third-order valence-electron chi connectivity index (χ3n) is 7.56. The number of aromatic nitrogens is 1. The Kier molecular flexibility index (Phi) is 9.34. The minimum atomic E-state index is -0.933. The first-order valence-corrected chi connectivity index (χ1v) is 13.7. The van der Waals surface area contributed by atoms with Crippen molar-refractivity contribution in [3.05, 3.63) is 44.2 Å². The second kappa shape index (κ2) is 11.9. The standard InChI is InChI=1S/C27H38N4O5S/c1-16-8-7-10-27(6)21(36-27)13-20(17(2)12-19-15-37-22(30-19)14-29-31-28)35-23(32)9-11-26(4,5)25(34)18(3)24(16)33/h9,11-12,15-16,18,20-21,24,33H,7-8,10,13-14H2,1-6H3/t16-,18+,20-,21?,24-,27+/m0/s1.